The third kappa shape index (κ3) is 4.83. The Morgan fingerprint density at radius 2 is 2.03 bits per heavy atom. The topological polar surface area (TPSA) is 51.0 Å². The molecule has 0 atom stereocenters. The van der Waals surface area contributed by atoms with Gasteiger partial charge in [-0.1, -0.05) is 41.1 Å². The van der Waals surface area contributed by atoms with Crippen LogP contribution in [0.5, 0.6) is 0 Å². The molecule has 4 rings (SSSR count). The van der Waals surface area contributed by atoms with E-state index in [0.717, 1.165) is 33.9 Å². The van der Waals surface area contributed by atoms with Crippen molar-refractivity contribution < 1.29 is 4.79 Å². The number of anilines is 1. The number of amides is 1. The molecule has 0 saturated carbocycles. The van der Waals surface area contributed by atoms with Crippen LogP contribution in [-0.4, -0.2) is 27.0 Å². The second-order valence-corrected chi connectivity index (χ2v) is 8.42. The zero-order chi connectivity index (χ0) is 20.2. The van der Waals surface area contributed by atoms with E-state index in [1.165, 1.54) is 5.56 Å². The summed E-state index contributed by atoms with van der Waals surface area (Å²) in [6.45, 7) is 3.46. The summed E-state index contributed by atoms with van der Waals surface area (Å²) in [6.07, 6.45) is 6.62. The Balaban J connectivity index is 1.56. The first-order chi connectivity index (χ1) is 14.1. The number of nitrogens with zero attached hydrogens (tertiary/aromatic N) is 4. The molecule has 0 unspecified atom stereocenters. The number of rotatable bonds is 7. The Morgan fingerprint density at radius 1 is 1.21 bits per heavy atom. The highest BCUT2D eigenvalue weighted by Gasteiger charge is 2.20. The smallest absolute Gasteiger partial charge is 0.233 e. The van der Waals surface area contributed by atoms with E-state index in [1.807, 2.05) is 52.1 Å². The quantitative estimate of drug-likeness (QED) is 0.413. The minimum atomic E-state index is 0.0359. The van der Waals surface area contributed by atoms with Crippen LogP contribution in [0.3, 0.4) is 0 Å². The molecule has 2 aromatic carbocycles. The van der Waals surface area contributed by atoms with Crippen molar-refractivity contribution in [3.05, 3.63) is 77.3 Å². The van der Waals surface area contributed by atoms with Crippen LogP contribution >= 0.6 is 22.9 Å². The van der Waals surface area contributed by atoms with Gasteiger partial charge in [-0.3, -0.25) is 9.69 Å². The molecule has 5 nitrogen and oxygen atoms in total. The van der Waals surface area contributed by atoms with E-state index in [2.05, 4.69) is 18.0 Å². The summed E-state index contributed by atoms with van der Waals surface area (Å²) in [4.78, 5) is 23.8. The Hall–Kier alpha value is -2.70. The lowest BCUT2D eigenvalue weighted by molar-refractivity contribution is -0.118. The predicted molar refractivity (Wildman–Crippen MR) is 119 cm³/mol. The number of aromatic nitrogens is 3. The molecular formula is C22H21ClN4OS. The van der Waals surface area contributed by atoms with Crippen LogP contribution in [0.4, 0.5) is 5.13 Å². The average molecular weight is 425 g/mol. The molecule has 0 fully saturated rings. The van der Waals surface area contributed by atoms with Gasteiger partial charge in [0.25, 0.3) is 0 Å². The monoisotopic (exact) mass is 424 g/mol. The molecule has 148 valence electrons. The van der Waals surface area contributed by atoms with Gasteiger partial charge in [0, 0.05) is 30.5 Å². The highest BCUT2D eigenvalue weighted by atomic mass is 35.5. The zero-order valence-electron chi connectivity index (χ0n) is 16.1. The van der Waals surface area contributed by atoms with Crippen LogP contribution in [0.25, 0.3) is 10.2 Å². The summed E-state index contributed by atoms with van der Waals surface area (Å²) in [7, 11) is 0. The second kappa shape index (κ2) is 8.76. The molecule has 0 aliphatic carbocycles. The summed E-state index contributed by atoms with van der Waals surface area (Å²) in [5.74, 6) is 0.0359. The maximum Gasteiger partial charge on any atom is 0.233 e. The van der Waals surface area contributed by atoms with Crippen LogP contribution < -0.4 is 4.90 Å². The first-order valence-electron chi connectivity index (χ1n) is 9.46. The van der Waals surface area contributed by atoms with Crippen molar-refractivity contribution >= 4 is 44.2 Å². The van der Waals surface area contributed by atoms with Gasteiger partial charge in [0.2, 0.25) is 5.91 Å². The lowest BCUT2D eigenvalue weighted by Crippen LogP contribution is -2.33. The van der Waals surface area contributed by atoms with E-state index in [0.29, 0.717) is 18.0 Å². The molecule has 4 aromatic rings. The second-order valence-electron chi connectivity index (χ2n) is 6.97. The number of imidazole rings is 1. The molecule has 2 aromatic heterocycles. The average Bonchev–Trinajstić information content (AvgIpc) is 3.36. The summed E-state index contributed by atoms with van der Waals surface area (Å²) in [5, 5.41) is 1.41. The van der Waals surface area contributed by atoms with Crippen molar-refractivity contribution in [2.24, 2.45) is 0 Å². The summed E-state index contributed by atoms with van der Waals surface area (Å²) in [6, 6.07) is 13.6. The number of hydrogen-bond donors (Lipinski definition) is 0. The predicted octanol–water partition coefficient (Wildman–Crippen LogP) is 5.12. The standard InChI is InChI=1S/C22H21ClN4OS/c1-16-3-8-19-20(13-16)29-22(25-19)27(11-2-10-26-12-9-24-15-26)21(28)14-17-4-6-18(23)7-5-17/h3-9,12-13,15H,2,10-11,14H2,1H3. The van der Waals surface area contributed by atoms with Crippen LogP contribution in [0.2, 0.25) is 5.02 Å². The van der Waals surface area contributed by atoms with Crippen LogP contribution in [0, 0.1) is 6.92 Å². The van der Waals surface area contributed by atoms with Crippen LogP contribution in [0.15, 0.2) is 61.2 Å². The van der Waals surface area contributed by atoms with E-state index in [9.17, 15) is 4.79 Å². The molecule has 0 saturated heterocycles. The van der Waals surface area contributed by atoms with Gasteiger partial charge in [0.1, 0.15) is 0 Å². The number of benzene rings is 2. The molecule has 0 spiro atoms. The first-order valence-corrected chi connectivity index (χ1v) is 10.7. The molecule has 7 heteroatoms. The van der Waals surface area contributed by atoms with E-state index in [4.69, 9.17) is 16.6 Å². The Labute approximate surface area is 178 Å². The summed E-state index contributed by atoms with van der Waals surface area (Å²) < 4.78 is 3.11. The van der Waals surface area contributed by atoms with Gasteiger partial charge in [-0.2, -0.15) is 0 Å². The summed E-state index contributed by atoms with van der Waals surface area (Å²) >= 11 is 7.53. The number of thiazole rings is 1. The molecule has 0 N–H and O–H groups in total. The summed E-state index contributed by atoms with van der Waals surface area (Å²) in [5.41, 5.74) is 3.05. The Morgan fingerprint density at radius 3 is 2.79 bits per heavy atom. The number of carbonyl (C=O) groups is 1. The number of halogens is 1. The van der Waals surface area contributed by atoms with Gasteiger partial charge in [0.05, 0.1) is 23.0 Å². The highest BCUT2D eigenvalue weighted by molar-refractivity contribution is 7.22. The van der Waals surface area contributed by atoms with Crippen LogP contribution in [0.1, 0.15) is 17.5 Å². The van der Waals surface area contributed by atoms with Crippen molar-refractivity contribution in [2.75, 3.05) is 11.4 Å². The third-order valence-electron chi connectivity index (χ3n) is 4.69. The zero-order valence-corrected chi connectivity index (χ0v) is 17.7. The Bertz CT molecular complexity index is 1110. The molecule has 29 heavy (non-hydrogen) atoms. The fourth-order valence-electron chi connectivity index (χ4n) is 3.16. The van der Waals surface area contributed by atoms with Crippen LogP contribution in [-0.2, 0) is 17.8 Å². The van der Waals surface area contributed by atoms with Gasteiger partial charge < -0.3 is 4.57 Å². The van der Waals surface area contributed by atoms with Crippen molar-refractivity contribution in [1.82, 2.24) is 14.5 Å². The van der Waals surface area contributed by atoms with E-state index < -0.39 is 0 Å². The fraction of sp³-hybridized carbons (Fsp3) is 0.227. The molecular weight excluding hydrogens is 404 g/mol. The largest absolute Gasteiger partial charge is 0.337 e. The number of carbonyl (C=O) groups excluding carboxylic acids is 1. The Kier molecular flexibility index (Phi) is 5.92. The molecule has 2 heterocycles. The molecule has 0 aliphatic rings. The van der Waals surface area contributed by atoms with Gasteiger partial charge in [-0.25, -0.2) is 9.97 Å². The third-order valence-corrected chi connectivity index (χ3v) is 5.98. The van der Waals surface area contributed by atoms with Gasteiger partial charge in [-0.05, 0) is 48.7 Å². The number of fused-ring (bicyclic) bond motifs is 1. The maximum absolute atomic E-state index is 13.2. The number of aryl methyl sites for hydroxylation is 2. The number of hydrogen-bond acceptors (Lipinski definition) is 4. The van der Waals surface area contributed by atoms with E-state index >= 15 is 0 Å². The van der Waals surface area contributed by atoms with Gasteiger partial charge >= 0.3 is 0 Å². The molecule has 0 aliphatic heterocycles. The SMILES string of the molecule is Cc1ccc2nc(N(CCCn3ccnc3)C(=O)Cc3ccc(Cl)cc3)sc2c1. The van der Waals surface area contributed by atoms with Crippen molar-refractivity contribution in [2.45, 2.75) is 26.3 Å². The molecule has 0 bridgehead atoms. The maximum atomic E-state index is 13.2. The minimum absolute atomic E-state index is 0.0359. The van der Waals surface area contributed by atoms with E-state index in [-0.39, 0.29) is 5.91 Å². The van der Waals surface area contributed by atoms with E-state index in [1.54, 1.807) is 23.9 Å². The first kappa shape index (κ1) is 19.6. The van der Waals surface area contributed by atoms with Crippen molar-refractivity contribution in [3.8, 4) is 0 Å². The fourth-order valence-corrected chi connectivity index (χ4v) is 4.40. The minimum Gasteiger partial charge on any atom is -0.337 e. The van der Waals surface area contributed by atoms with Crippen molar-refractivity contribution in [3.63, 3.8) is 0 Å². The van der Waals surface area contributed by atoms with Gasteiger partial charge in [0.15, 0.2) is 5.13 Å². The lowest BCUT2D eigenvalue weighted by atomic mass is 10.1. The lowest BCUT2D eigenvalue weighted by Gasteiger charge is -2.20. The highest BCUT2D eigenvalue weighted by Crippen LogP contribution is 2.30. The van der Waals surface area contributed by atoms with Gasteiger partial charge in [-0.15, -0.1) is 0 Å². The normalized spacial score (nSPS) is 11.1. The molecule has 1 amide bonds. The molecule has 0 radical (unpaired) electrons. The van der Waals surface area contributed by atoms with Crippen molar-refractivity contribution in [1.29, 1.82) is 0 Å².